The highest BCUT2D eigenvalue weighted by Gasteiger charge is 2.25. The maximum atomic E-state index is 11.2. The molecule has 0 aliphatic heterocycles. The quantitative estimate of drug-likeness (QED) is 0.669. The van der Waals surface area contributed by atoms with Crippen molar-refractivity contribution in [2.24, 2.45) is 0 Å². The van der Waals surface area contributed by atoms with Crippen LogP contribution in [0.5, 0.6) is 0 Å². The van der Waals surface area contributed by atoms with Gasteiger partial charge in [0.25, 0.3) is 0 Å². The molecule has 19 heavy (non-hydrogen) atoms. The van der Waals surface area contributed by atoms with Crippen LogP contribution in [0.15, 0.2) is 18.2 Å². The number of rotatable bonds is 7. The van der Waals surface area contributed by atoms with E-state index in [9.17, 15) is 9.90 Å². The molecule has 4 nitrogen and oxygen atoms in total. The number of nitrogens with two attached hydrogens (primary N) is 1. The molecule has 0 atom stereocenters. The Labute approximate surface area is 118 Å². The van der Waals surface area contributed by atoms with Crippen molar-refractivity contribution in [3.63, 3.8) is 0 Å². The van der Waals surface area contributed by atoms with Crippen LogP contribution in [0.3, 0.4) is 0 Å². The van der Waals surface area contributed by atoms with Crippen LogP contribution in [0.25, 0.3) is 0 Å². The van der Waals surface area contributed by atoms with E-state index in [1.165, 1.54) is 0 Å². The van der Waals surface area contributed by atoms with Crippen molar-refractivity contribution in [1.29, 1.82) is 0 Å². The third-order valence-corrected chi connectivity index (χ3v) is 5.18. The first-order valence-electron chi connectivity index (χ1n) is 6.40. The average Bonchev–Trinajstić information content (AvgIpc) is 2.40. The average molecular weight is 282 g/mol. The number of hydrogen-bond acceptors (Lipinski definition) is 4. The number of nitrogen functional groups attached to an aromatic ring is 1. The van der Waals surface area contributed by atoms with Crippen LogP contribution in [0.1, 0.15) is 37.0 Å². The monoisotopic (exact) mass is 282 g/mol. The molecule has 1 rings (SSSR count). The molecule has 0 fully saturated rings. The topological polar surface area (TPSA) is 75.3 Å². The summed E-state index contributed by atoms with van der Waals surface area (Å²) in [5, 5.41) is 12.4. The molecule has 106 valence electrons. The van der Waals surface area contributed by atoms with Gasteiger partial charge in [0.2, 0.25) is 0 Å². The number of aromatic carboxylic acids is 1. The van der Waals surface area contributed by atoms with Crippen molar-refractivity contribution in [3.8, 4) is 0 Å². The van der Waals surface area contributed by atoms with Gasteiger partial charge in [0, 0.05) is 17.0 Å². The van der Waals surface area contributed by atoms with Gasteiger partial charge in [-0.3, -0.25) is 0 Å². The first-order valence-corrected chi connectivity index (χ1v) is 7.62. The van der Waals surface area contributed by atoms with Crippen LogP contribution in [-0.2, 0) is 0 Å². The van der Waals surface area contributed by atoms with Crippen molar-refractivity contribution < 1.29 is 9.90 Å². The van der Waals surface area contributed by atoms with Gasteiger partial charge in [0.05, 0.1) is 11.3 Å². The zero-order valence-electron chi connectivity index (χ0n) is 11.7. The Bertz CT molecular complexity index is 437. The van der Waals surface area contributed by atoms with Crippen LogP contribution >= 0.6 is 11.8 Å². The molecule has 0 radical (unpaired) electrons. The van der Waals surface area contributed by atoms with Crippen molar-refractivity contribution in [2.75, 3.05) is 23.9 Å². The second-order valence-electron chi connectivity index (χ2n) is 4.56. The van der Waals surface area contributed by atoms with Crippen LogP contribution in [0, 0.1) is 0 Å². The fourth-order valence-corrected chi connectivity index (χ4v) is 2.81. The maximum absolute atomic E-state index is 11.2. The summed E-state index contributed by atoms with van der Waals surface area (Å²) in [6.07, 6.45) is 4.15. The number of carboxylic acids is 1. The number of hydrogen-bond donors (Lipinski definition) is 3. The Hall–Kier alpha value is -1.36. The predicted molar refractivity (Wildman–Crippen MR) is 83.1 cm³/mol. The summed E-state index contributed by atoms with van der Waals surface area (Å²) >= 11 is 1.81. The summed E-state index contributed by atoms with van der Waals surface area (Å²) in [6, 6.07) is 4.83. The lowest BCUT2D eigenvalue weighted by Gasteiger charge is -2.30. The number of thioether (sulfide) groups is 1. The highest BCUT2D eigenvalue weighted by Crippen LogP contribution is 2.31. The lowest BCUT2D eigenvalue weighted by molar-refractivity contribution is 0.0698. The molecule has 0 aliphatic carbocycles. The first kappa shape index (κ1) is 15.7. The fraction of sp³-hybridized carbons (Fsp3) is 0.500. The van der Waals surface area contributed by atoms with Crippen molar-refractivity contribution in [1.82, 2.24) is 0 Å². The molecule has 0 aromatic heterocycles. The highest BCUT2D eigenvalue weighted by atomic mass is 32.2. The van der Waals surface area contributed by atoms with Crippen LogP contribution in [-0.4, -0.2) is 28.6 Å². The first-order chi connectivity index (χ1) is 8.98. The lowest BCUT2D eigenvalue weighted by atomic mass is 10.0. The van der Waals surface area contributed by atoms with Gasteiger partial charge >= 0.3 is 5.97 Å². The summed E-state index contributed by atoms with van der Waals surface area (Å²) in [5.41, 5.74) is 7.14. The van der Waals surface area contributed by atoms with E-state index in [-0.39, 0.29) is 10.3 Å². The van der Waals surface area contributed by atoms with E-state index >= 15 is 0 Å². The molecule has 1 aromatic rings. The van der Waals surface area contributed by atoms with E-state index in [1.54, 1.807) is 18.2 Å². The normalized spacial score (nSPS) is 11.3. The number of anilines is 2. The van der Waals surface area contributed by atoms with E-state index in [2.05, 4.69) is 25.4 Å². The maximum Gasteiger partial charge on any atom is 0.337 e. The van der Waals surface area contributed by atoms with Gasteiger partial charge in [-0.05, 0) is 37.3 Å². The minimum atomic E-state index is -0.940. The molecular weight excluding hydrogens is 260 g/mol. The van der Waals surface area contributed by atoms with E-state index in [1.807, 2.05) is 11.8 Å². The number of carbonyl (C=O) groups is 1. The summed E-state index contributed by atoms with van der Waals surface area (Å²) in [4.78, 5) is 11.2. The summed E-state index contributed by atoms with van der Waals surface area (Å²) in [6.45, 7) is 5.03. The van der Waals surface area contributed by atoms with E-state index in [4.69, 9.17) is 5.73 Å². The number of nitrogens with one attached hydrogen (secondary N) is 1. The van der Waals surface area contributed by atoms with Crippen LogP contribution in [0.2, 0.25) is 0 Å². The second kappa shape index (κ2) is 6.70. The van der Waals surface area contributed by atoms with Gasteiger partial charge in [0.15, 0.2) is 0 Å². The van der Waals surface area contributed by atoms with E-state index in [0.717, 1.165) is 19.4 Å². The Kier molecular flexibility index (Phi) is 5.54. The summed E-state index contributed by atoms with van der Waals surface area (Å²) in [5.74, 6) is -0.940. The Balaban J connectivity index is 2.93. The van der Waals surface area contributed by atoms with Gasteiger partial charge in [0.1, 0.15) is 0 Å². The van der Waals surface area contributed by atoms with Gasteiger partial charge in [-0.25, -0.2) is 4.79 Å². The highest BCUT2D eigenvalue weighted by molar-refractivity contribution is 8.00. The van der Waals surface area contributed by atoms with Crippen molar-refractivity contribution in [2.45, 2.75) is 31.4 Å². The van der Waals surface area contributed by atoms with Crippen LogP contribution in [0.4, 0.5) is 11.4 Å². The molecule has 1 aromatic carbocycles. The minimum absolute atomic E-state index is 0.125. The third-order valence-electron chi connectivity index (χ3n) is 3.60. The molecule has 5 heteroatoms. The largest absolute Gasteiger partial charge is 0.478 e. The van der Waals surface area contributed by atoms with Gasteiger partial charge < -0.3 is 16.2 Å². The minimum Gasteiger partial charge on any atom is -0.478 e. The molecule has 0 amide bonds. The molecule has 4 N–H and O–H groups in total. The summed E-state index contributed by atoms with van der Waals surface area (Å²) in [7, 11) is 0. The molecule has 0 bridgehead atoms. The van der Waals surface area contributed by atoms with Gasteiger partial charge in [-0.1, -0.05) is 13.8 Å². The van der Waals surface area contributed by atoms with Crippen molar-refractivity contribution >= 4 is 29.1 Å². The zero-order chi connectivity index (χ0) is 14.5. The van der Waals surface area contributed by atoms with Gasteiger partial charge in [-0.2, -0.15) is 11.8 Å². The lowest BCUT2D eigenvalue weighted by Crippen LogP contribution is -2.32. The predicted octanol–water partition coefficient (Wildman–Crippen LogP) is 3.30. The van der Waals surface area contributed by atoms with E-state index in [0.29, 0.717) is 11.4 Å². The molecule has 0 spiro atoms. The molecule has 0 heterocycles. The SMILES string of the molecule is CCC(CC)(CNc1cc(N)ccc1C(=O)O)SC. The Morgan fingerprint density at radius 2 is 2.05 bits per heavy atom. The van der Waals surface area contributed by atoms with E-state index < -0.39 is 5.97 Å². The third kappa shape index (κ3) is 3.80. The Morgan fingerprint density at radius 3 is 2.53 bits per heavy atom. The number of carboxylic acid groups (broad SMARTS) is 1. The summed E-state index contributed by atoms with van der Waals surface area (Å²) < 4.78 is 0.125. The number of benzene rings is 1. The fourth-order valence-electron chi connectivity index (χ4n) is 2.01. The zero-order valence-corrected chi connectivity index (χ0v) is 12.5. The standard InChI is InChI=1S/C14H22N2O2S/c1-4-14(5-2,19-3)9-16-12-8-10(15)6-7-11(12)13(17)18/h6-8,16H,4-5,9,15H2,1-3H3,(H,17,18). The van der Waals surface area contributed by atoms with Crippen LogP contribution < -0.4 is 11.1 Å². The van der Waals surface area contributed by atoms with Gasteiger partial charge in [-0.15, -0.1) is 0 Å². The second-order valence-corrected chi connectivity index (χ2v) is 5.83. The molecule has 0 saturated heterocycles. The molecule has 0 saturated carbocycles. The van der Waals surface area contributed by atoms with Crippen molar-refractivity contribution in [3.05, 3.63) is 23.8 Å². The molecule has 0 unspecified atom stereocenters. The Morgan fingerprint density at radius 1 is 1.42 bits per heavy atom. The molecule has 0 aliphatic rings. The molecular formula is C14H22N2O2S. The smallest absolute Gasteiger partial charge is 0.337 e.